The molecule has 106 valence electrons. The zero-order valence-electron chi connectivity index (χ0n) is 11.9. The van der Waals surface area contributed by atoms with Gasteiger partial charge in [-0.15, -0.1) is 0 Å². The predicted molar refractivity (Wildman–Crippen MR) is 75.5 cm³/mol. The first-order chi connectivity index (χ1) is 9.19. The molecule has 2 rings (SSSR count). The molecule has 1 atom stereocenters. The maximum Gasteiger partial charge on any atom is 0.141 e. The molecule has 0 spiro atoms. The fourth-order valence-corrected chi connectivity index (χ4v) is 2.75. The zero-order valence-corrected chi connectivity index (χ0v) is 11.9. The van der Waals surface area contributed by atoms with Crippen LogP contribution in [0.3, 0.4) is 0 Å². The Bertz CT molecular complexity index is 389. The van der Waals surface area contributed by atoms with Crippen molar-refractivity contribution in [2.75, 3.05) is 19.6 Å². The van der Waals surface area contributed by atoms with Gasteiger partial charge in [0, 0.05) is 18.3 Å². The molecule has 1 aliphatic heterocycles. The molecule has 0 amide bonds. The van der Waals surface area contributed by atoms with Crippen LogP contribution < -0.4 is 5.32 Å². The van der Waals surface area contributed by atoms with E-state index in [0.29, 0.717) is 6.04 Å². The Morgan fingerprint density at radius 1 is 1.42 bits per heavy atom. The van der Waals surface area contributed by atoms with Crippen molar-refractivity contribution in [3.63, 3.8) is 0 Å². The summed E-state index contributed by atoms with van der Waals surface area (Å²) in [6.07, 6.45) is 6.57. The highest BCUT2D eigenvalue weighted by atomic mass is 19.1. The first-order valence-electron chi connectivity index (χ1n) is 7.28. The maximum absolute atomic E-state index is 13.1. The number of aromatic nitrogens is 1. The van der Waals surface area contributed by atoms with Gasteiger partial charge >= 0.3 is 0 Å². The molecule has 1 aliphatic rings. The third-order valence-corrected chi connectivity index (χ3v) is 3.84. The molecule has 1 saturated heterocycles. The van der Waals surface area contributed by atoms with E-state index in [2.05, 4.69) is 29.0 Å². The minimum Gasteiger partial charge on any atom is -0.307 e. The molecular weight excluding hydrogens is 241 g/mol. The lowest BCUT2D eigenvalue weighted by molar-refractivity contribution is 0.192. The van der Waals surface area contributed by atoms with E-state index in [1.54, 1.807) is 12.3 Å². The lowest BCUT2D eigenvalue weighted by Crippen LogP contribution is -2.43. The van der Waals surface area contributed by atoms with Crippen LogP contribution in [-0.2, 0) is 0 Å². The topological polar surface area (TPSA) is 28.2 Å². The van der Waals surface area contributed by atoms with E-state index in [4.69, 9.17) is 0 Å². The third kappa shape index (κ3) is 4.25. The number of halogens is 1. The first-order valence-corrected chi connectivity index (χ1v) is 7.28. The van der Waals surface area contributed by atoms with E-state index in [0.717, 1.165) is 5.56 Å². The summed E-state index contributed by atoms with van der Waals surface area (Å²) in [5.74, 6) is -0.260. The quantitative estimate of drug-likeness (QED) is 0.887. The summed E-state index contributed by atoms with van der Waals surface area (Å²) in [4.78, 5) is 6.43. The van der Waals surface area contributed by atoms with Crippen LogP contribution in [0.2, 0.25) is 0 Å². The smallest absolute Gasteiger partial charge is 0.141 e. The minimum atomic E-state index is -0.260. The van der Waals surface area contributed by atoms with Crippen LogP contribution in [0.15, 0.2) is 18.5 Å². The number of nitrogens with zero attached hydrogens (tertiary/aromatic N) is 2. The zero-order chi connectivity index (χ0) is 13.7. The Hall–Kier alpha value is -1.00. The van der Waals surface area contributed by atoms with Crippen LogP contribution in [0, 0.1) is 5.82 Å². The molecule has 3 nitrogen and oxygen atoms in total. The molecule has 1 aromatic heterocycles. The van der Waals surface area contributed by atoms with Gasteiger partial charge in [0.25, 0.3) is 0 Å². The average Bonchev–Trinajstić information content (AvgIpc) is 2.41. The molecular formula is C15H24FN3. The molecule has 0 aromatic carbocycles. The van der Waals surface area contributed by atoms with E-state index < -0.39 is 0 Å². The highest BCUT2D eigenvalue weighted by Gasteiger charge is 2.20. The molecule has 1 aromatic rings. The van der Waals surface area contributed by atoms with Crippen LogP contribution >= 0.6 is 0 Å². The molecule has 4 heteroatoms. The van der Waals surface area contributed by atoms with Crippen molar-refractivity contribution in [2.24, 2.45) is 0 Å². The molecule has 1 N–H and O–H groups in total. The van der Waals surface area contributed by atoms with Gasteiger partial charge in [0.15, 0.2) is 0 Å². The molecule has 1 fully saturated rings. The van der Waals surface area contributed by atoms with Crippen LogP contribution in [-0.4, -0.2) is 35.6 Å². The molecule has 0 saturated carbocycles. The van der Waals surface area contributed by atoms with Crippen molar-refractivity contribution in [3.8, 4) is 0 Å². The largest absolute Gasteiger partial charge is 0.307 e. The van der Waals surface area contributed by atoms with Gasteiger partial charge in [-0.2, -0.15) is 0 Å². The Morgan fingerprint density at radius 3 is 2.79 bits per heavy atom. The van der Waals surface area contributed by atoms with Gasteiger partial charge < -0.3 is 10.2 Å². The Balaban J connectivity index is 1.82. The number of likely N-dealkylation sites (tertiary alicyclic amines) is 1. The van der Waals surface area contributed by atoms with Crippen molar-refractivity contribution in [2.45, 2.75) is 45.2 Å². The van der Waals surface area contributed by atoms with Gasteiger partial charge in [-0.3, -0.25) is 4.98 Å². The van der Waals surface area contributed by atoms with Crippen LogP contribution in [0.1, 0.15) is 44.7 Å². The fourth-order valence-electron chi connectivity index (χ4n) is 2.75. The van der Waals surface area contributed by atoms with Crippen LogP contribution in [0.4, 0.5) is 4.39 Å². The van der Waals surface area contributed by atoms with Crippen molar-refractivity contribution >= 4 is 0 Å². The second-order valence-corrected chi connectivity index (χ2v) is 5.44. The Kier molecular flexibility index (Phi) is 5.28. The van der Waals surface area contributed by atoms with E-state index in [1.165, 1.54) is 45.1 Å². The summed E-state index contributed by atoms with van der Waals surface area (Å²) in [6.45, 7) is 7.84. The molecule has 19 heavy (non-hydrogen) atoms. The highest BCUT2D eigenvalue weighted by Crippen LogP contribution is 2.17. The molecule has 0 bridgehead atoms. The van der Waals surface area contributed by atoms with Crippen molar-refractivity contribution < 1.29 is 4.39 Å². The Labute approximate surface area is 115 Å². The molecule has 1 unspecified atom stereocenters. The van der Waals surface area contributed by atoms with E-state index in [9.17, 15) is 4.39 Å². The first kappa shape index (κ1) is 14.4. The second kappa shape index (κ2) is 6.96. The number of hydrogen-bond acceptors (Lipinski definition) is 3. The standard InChI is InChI=1S/C15H24FN3/c1-3-6-19-7-4-15(5-8-19)18-12(2)13-9-14(16)11-17-10-13/h9-12,15,18H,3-8H2,1-2H3. The predicted octanol–water partition coefficient (Wildman–Crippen LogP) is 2.75. The van der Waals surface area contributed by atoms with Crippen molar-refractivity contribution in [3.05, 3.63) is 29.8 Å². The SMILES string of the molecule is CCCN1CCC(NC(C)c2cncc(F)c2)CC1. The van der Waals surface area contributed by atoms with E-state index in [-0.39, 0.29) is 11.9 Å². The summed E-state index contributed by atoms with van der Waals surface area (Å²) in [6, 6.07) is 2.26. The number of pyridine rings is 1. The van der Waals surface area contributed by atoms with Gasteiger partial charge in [-0.25, -0.2) is 4.39 Å². The van der Waals surface area contributed by atoms with Gasteiger partial charge in [0.1, 0.15) is 5.82 Å². The summed E-state index contributed by atoms with van der Waals surface area (Å²) >= 11 is 0. The maximum atomic E-state index is 13.1. The van der Waals surface area contributed by atoms with Crippen molar-refractivity contribution in [1.29, 1.82) is 0 Å². The second-order valence-electron chi connectivity index (χ2n) is 5.44. The number of rotatable bonds is 5. The number of nitrogens with one attached hydrogen (secondary N) is 1. The average molecular weight is 265 g/mol. The number of hydrogen-bond donors (Lipinski definition) is 1. The lowest BCUT2D eigenvalue weighted by Gasteiger charge is -2.33. The summed E-state index contributed by atoms with van der Waals surface area (Å²) in [5, 5.41) is 3.59. The number of piperidine rings is 1. The summed E-state index contributed by atoms with van der Waals surface area (Å²) < 4.78 is 13.1. The van der Waals surface area contributed by atoms with Crippen LogP contribution in [0.5, 0.6) is 0 Å². The molecule has 0 aliphatic carbocycles. The summed E-state index contributed by atoms with van der Waals surface area (Å²) in [7, 11) is 0. The van der Waals surface area contributed by atoms with Gasteiger partial charge in [-0.1, -0.05) is 6.92 Å². The third-order valence-electron chi connectivity index (χ3n) is 3.84. The van der Waals surface area contributed by atoms with Gasteiger partial charge in [0.05, 0.1) is 6.20 Å². The normalized spacial score (nSPS) is 19.5. The van der Waals surface area contributed by atoms with Gasteiger partial charge in [0.2, 0.25) is 0 Å². The molecule has 0 radical (unpaired) electrons. The minimum absolute atomic E-state index is 0.158. The van der Waals surface area contributed by atoms with Crippen molar-refractivity contribution in [1.82, 2.24) is 15.2 Å². The lowest BCUT2D eigenvalue weighted by atomic mass is 10.0. The van der Waals surface area contributed by atoms with Crippen LogP contribution in [0.25, 0.3) is 0 Å². The fraction of sp³-hybridized carbons (Fsp3) is 0.667. The highest BCUT2D eigenvalue weighted by molar-refractivity contribution is 5.14. The summed E-state index contributed by atoms with van der Waals surface area (Å²) in [5.41, 5.74) is 0.927. The molecule has 2 heterocycles. The Morgan fingerprint density at radius 2 is 2.16 bits per heavy atom. The monoisotopic (exact) mass is 265 g/mol. The van der Waals surface area contributed by atoms with Gasteiger partial charge in [-0.05, 0) is 57.5 Å². The van der Waals surface area contributed by atoms with E-state index in [1.807, 2.05) is 0 Å². The van der Waals surface area contributed by atoms with E-state index >= 15 is 0 Å².